The summed E-state index contributed by atoms with van der Waals surface area (Å²) in [5, 5.41) is 7.22. The van der Waals surface area contributed by atoms with Crippen LogP contribution in [0.15, 0.2) is 24.3 Å². The Morgan fingerprint density at radius 2 is 2.24 bits per heavy atom. The average Bonchev–Trinajstić information content (AvgIpc) is 2.88. The van der Waals surface area contributed by atoms with Crippen molar-refractivity contribution in [2.24, 2.45) is 5.92 Å². The number of nitrogens with one attached hydrogen (secondary N) is 2. The molecule has 2 aliphatic heterocycles. The van der Waals surface area contributed by atoms with E-state index in [9.17, 15) is 4.79 Å². The van der Waals surface area contributed by atoms with Crippen LogP contribution in [-0.2, 0) is 11.3 Å². The van der Waals surface area contributed by atoms with Gasteiger partial charge >= 0.3 is 0 Å². The topological polar surface area (TPSA) is 44.4 Å². The van der Waals surface area contributed by atoms with Gasteiger partial charge < -0.3 is 10.6 Å². The van der Waals surface area contributed by atoms with Gasteiger partial charge in [-0.05, 0) is 36.9 Å². The monoisotopic (exact) mass is 307 g/mol. The number of halogens is 1. The van der Waals surface area contributed by atoms with Gasteiger partial charge in [-0.25, -0.2) is 0 Å². The van der Waals surface area contributed by atoms with E-state index >= 15 is 0 Å². The highest BCUT2D eigenvalue weighted by Gasteiger charge is 2.34. The molecule has 5 heteroatoms. The van der Waals surface area contributed by atoms with Crippen LogP contribution in [0.4, 0.5) is 0 Å². The van der Waals surface area contributed by atoms with Gasteiger partial charge in [0.2, 0.25) is 5.91 Å². The van der Waals surface area contributed by atoms with Crippen molar-refractivity contribution >= 4 is 17.5 Å². The van der Waals surface area contributed by atoms with Crippen molar-refractivity contribution in [1.82, 2.24) is 15.5 Å². The summed E-state index contributed by atoms with van der Waals surface area (Å²) in [6.07, 6.45) is 2.54. The minimum absolute atomic E-state index is 0.0774. The first-order valence-corrected chi connectivity index (χ1v) is 8.06. The van der Waals surface area contributed by atoms with Crippen LogP contribution in [0.2, 0.25) is 5.02 Å². The number of rotatable bonds is 4. The van der Waals surface area contributed by atoms with Gasteiger partial charge in [0.1, 0.15) is 0 Å². The van der Waals surface area contributed by atoms with Gasteiger partial charge in [0.05, 0.1) is 6.54 Å². The zero-order valence-electron chi connectivity index (χ0n) is 12.1. The SMILES string of the molecule is O=C(CN1C[C@@H]2CCCN[C@@H]2C1)NCc1ccccc1Cl. The van der Waals surface area contributed by atoms with Gasteiger partial charge in [-0.15, -0.1) is 0 Å². The Kier molecular flexibility index (Phi) is 4.78. The normalized spacial score (nSPS) is 25.6. The molecule has 2 heterocycles. The molecule has 0 spiro atoms. The standard InChI is InChI=1S/C16H22ClN3O/c17-14-6-2-1-4-12(14)8-19-16(21)11-20-9-13-5-3-7-18-15(13)10-20/h1-2,4,6,13,15,18H,3,5,7-11H2,(H,19,21)/t13-,15+/m0/s1. The summed E-state index contributed by atoms with van der Waals surface area (Å²) in [5.74, 6) is 0.795. The number of carbonyl (C=O) groups excluding carboxylic acids is 1. The minimum atomic E-state index is 0.0774. The lowest BCUT2D eigenvalue weighted by atomic mass is 9.94. The minimum Gasteiger partial charge on any atom is -0.351 e. The zero-order valence-corrected chi connectivity index (χ0v) is 12.9. The Labute approximate surface area is 130 Å². The molecule has 0 saturated carbocycles. The summed E-state index contributed by atoms with van der Waals surface area (Å²) >= 11 is 6.09. The fraction of sp³-hybridized carbons (Fsp3) is 0.562. The highest BCUT2D eigenvalue weighted by atomic mass is 35.5. The largest absolute Gasteiger partial charge is 0.351 e. The van der Waals surface area contributed by atoms with Gasteiger partial charge in [0.15, 0.2) is 0 Å². The van der Waals surface area contributed by atoms with Crippen LogP contribution >= 0.6 is 11.6 Å². The summed E-state index contributed by atoms with van der Waals surface area (Å²) in [6.45, 7) is 4.13. The second-order valence-electron chi connectivity index (χ2n) is 6.03. The third-order valence-electron chi connectivity index (χ3n) is 4.48. The maximum Gasteiger partial charge on any atom is 0.234 e. The molecule has 0 aromatic heterocycles. The predicted molar refractivity (Wildman–Crippen MR) is 84.3 cm³/mol. The molecule has 1 aromatic carbocycles. The van der Waals surface area contributed by atoms with Crippen LogP contribution in [0.25, 0.3) is 0 Å². The number of benzene rings is 1. The van der Waals surface area contributed by atoms with Crippen molar-refractivity contribution < 1.29 is 4.79 Å². The first-order valence-electron chi connectivity index (χ1n) is 7.68. The molecular weight excluding hydrogens is 286 g/mol. The number of fused-ring (bicyclic) bond motifs is 1. The fourth-order valence-electron chi connectivity index (χ4n) is 3.36. The smallest absolute Gasteiger partial charge is 0.234 e. The van der Waals surface area contributed by atoms with E-state index in [4.69, 9.17) is 11.6 Å². The quantitative estimate of drug-likeness (QED) is 0.889. The summed E-state index contributed by atoms with van der Waals surface area (Å²) in [7, 11) is 0. The van der Waals surface area contributed by atoms with Crippen molar-refractivity contribution in [2.45, 2.75) is 25.4 Å². The van der Waals surface area contributed by atoms with Crippen molar-refractivity contribution in [2.75, 3.05) is 26.2 Å². The molecule has 2 aliphatic rings. The Morgan fingerprint density at radius 1 is 1.38 bits per heavy atom. The maximum atomic E-state index is 12.1. The molecule has 3 rings (SSSR count). The summed E-state index contributed by atoms with van der Waals surface area (Å²) in [5.41, 5.74) is 0.962. The van der Waals surface area contributed by atoms with Gasteiger partial charge in [-0.2, -0.15) is 0 Å². The Hall–Kier alpha value is -1.10. The Morgan fingerprint density at radius 3 is 3.05 bits per heavy atom. The number of nitrogens with zero attached hydrogens (tertiary/aromatic N) is 1. The second kappa shape index (κ2) is 6.77. The number of hydrogen-bond donors (Lipinski definition) is 2. The number of piperidine rings is 1. The van der Waals surface area contributed by atoms with Crippen LogP contribution in [0.5, 0.6) is 0 Å². The third-order valence-corrected chi connectivity index (χ3v) is 4.84. The molecule has 2 N–H and O–H groups in total. The average molecular weight is 308 g/mol. The number of amides is 1. The number of carbonyl (C=O) groups is 1. The first-order chi connectivity index (χ1) is 10.2. The molecule has 2 saturated heterocycles. The molecule has 1 amide bonds. The molecule has 1 aromatic rings. The van der Waals surface area contributed by atoms with E-state index in [1.54, 1.807) is 0 Å². The number of hydrogen-bond acceptors (Lipinski definition) is 3. The molecule has 0 bridgehead atoms. The van der Waals surface area contributed by atoms with E-state index in [-0.39, 0.29) is 5.91 Å². The van der Waals surface area contributed by atoms with E-state index in [1.165, 1.54) is 12.8 Å². The number of likely N-dealkylation sites (tertiary alicyclic amines) is 1. The summed E-state index contributed by atoms with van der Waals surface area (Å²) in [6, 6.07) is 8.20. The Bertz CT molecular complexity index is 494. The van der Waals surface area contributed by atoms with Crippen molar-refractivity contribution in [3.8, 4) is 0 Å². The zero-order chi connectivity index (χ0) is 14.7. The molecular formula is C16H22ClN3O. The van der Waals surface area contributed by atoms with Gasteiger partial charge in [-0.1, -0.05) is 29.8 Å². The van der Waals surface area contributed by atoms with Crippen LogP contribution in [0.1, 0.15) is 18.4 Å². The molecule has 2 atom stereocenters. The van der Waals surface area contributed by atoms with Crippen LogP contribution in [0, 0.1) is 5.92 Å². The van der Waals surface area contributed by atoms with Crippen molar-refractivity contribution in [3.05, 3.63) is 34.9 Å². The van der Waals surface area contributed by atoms with E-state index < -0.39 is 0 Å². The van der Waals surface area contributed by atoms with Crippen LogP contribution < -0.4 is 10.6 Å². The summed E-state index contributed by atoms with van der Waals surface area (Å²) in [4.78, 5) is 14.3. The van der Waals surface area contributed by atoms with E-state index in [0.29, 0.717) is 24.2 Å². The highest BCUT2D eigenvalue weighted by molar-refractivity contribution is 6.31. The van der Waals surface area contributed by atoms with Gasteiger partial charge in [0.25, 0.3) is 0 Å². The molecule has 0 unspecified atom stereocenters. The lowest BCUT2D eigenvalue weighted by Crippen LogP contribution is -2.41. The molecule has 0 aliphatic carbocycles. The van der Waals surface area contributed by atoms with E-state index in [1.807, 2.05) is 24.3 Å². The molecule has 114 valence electrons. The molecule has 21 heavy (non-hydrogen) atoms. The lowest BCUT2D eigenvalue weighted by molar-refractivity contribution is -0.122. The fourth-order valence-corrected chi connectivity index (χ4v) is 3.56. The van der Waals surface area contributed by atoms with Gasteiger partial charge in [0, 0.05) is 30.7 Å². The second-order valence-corrected chi connectivity index (χ2v) is 6.43. The predicted octanol–water partition coefficient (Wildman–Crippen LogP) is 1.64. The van der Waals surface area contributed by atoms with Crippen molar-refractivity contribution in [1.29, 1.82) is 0 Å². The molecule has 4 nitrogen and oxygen atoms in total. The Balaban J connectivity index is 1.45. The molecule has 2 fully saturated rings. The first kappa shape index (κ1) is 14.8. The molecule has 0 radical (unpaired) electrons. The lowest BCUT2D eigenvalue weighted by Gasteiger charge is -2.24. The summed E-state index contributed by atoms with van der Waals surface area (Å²) < 4.78 is 0. The van der Waals surface area contributed by atoms with Gasteiger partial charge in [-0.3, -0.25) is 9.69 Å². The third kappa shape index (κ3) is 3.76. The van der Waals surface area contributed by atoms with Crippen LogP contribution in [-0.4, -0.2) is 43.0 Å². The van der Waals surface area contributed by atoms with E-state index in [2.05, 4.69) is 15.5 Å². The van der Waals surface area contributed by atoms with E-state index in [0.717, 1.165) is 31.1 Å². The maximum absolute atomic E-state index is 12.1. The van der Waals surface area contributed by atoms with Crippen LogP contribution in [0.3, 0.4) is 0 Å². The highest BCUT2D eigenvalue weighted by Crippen LogP contribution is 2.24. The van der Waals surface area contributed by atoms with Crippen molar-refractivity contribution in [3.63, 3.8) is 0 Å².